The molecule has 0 unspecified atom stereocenters. The van der Waals surface area contributed by atoms with Crippen molar-refractivity contribution in [3.63, 3.8) is 0 Å². The highest BCUT2D eigenvalue weighted by atomic mass is 19.1. The maximum atomic E-state index is 13.0. The van der Waals surface area contributed by atoms with Crippen LogP contribution in [0.3, 0.4) is 0 Å². The van der Waals surface area contributed by atoms with Crippen LogP contribution in [0.5, 0.6) is 0 Å². The number of hydrogen-bond acceptors (Lipinski definition) is 3. The van der Waals surface area contributed by atoms with Gasteiger partial charge in [0.25, 0.3) is 0 Å². The zero-order valence-electron chi connectivity index (χ0n) is 9.38. The predicted molar refractivity (Wildman–Crippen MR) is 62.6 cm³/mol. The topological polar surface area (TPSA) is 67.2 Å². The van der Waals surface area contributed by atoms with E-state index in [9.17, 15) is 9.18 Å². The Hall–Kier alpha value is -1.78. The Morgan fingerprint density at radius 1 is 1.50 bits per heavy atom. The van der Waals surface area contributed by atoms with Crippen LogP contribution >= 0.6 is 0 Å². The average molecular weight is 225 g/mol. The minimum atomic E-state index is -0.491. The summed E-state index contributed by atoms with van der Waals surface area (Å²) in [4.78, 5) is 11.3. The van der Waals surface area contributed by atoms with Gasteiger partial charge >= 0.3 is 0 Å². The molecule has 0 radical (unpaired) electrons. The molecule has 0 saturated heterocycles. The SMILES string of the molecule is CC(C)NC(=O)CNc1cccc(F)c1N. The Labute approximate surface area is 94.0 Å². The van der Waals surface area contributed by atoms with Crippen molar-refractivity contribution in [3.8, 4) is 0 Å². The number of carbonyl (C=O) groups is 1. The number of rotatable bonds is 4. The minimum Gasteiger partial charge on any atom is -0.395 e. The second kappa shape index (κ2) is 5.34. The highest BCUT2D eigenvalue weighted by molar-refractivity contribution is 5.82. The first-order valence-electron chi connectivity index (χ1n) is 5.08. The number of nitrogen functional groups attached to an aromatic ring is 1. The van der Waals surface area contributed by atoms with E-state index in [0.717, 1.165) is 0 Å². The molecule has 0 heterocycles. The molecule has 1 amide bonds. The van der Waals surface area contributed by atoms with Gasteiger partial charge in [0.15, 0.2) is 0 Å². The summed E-state index contributed by atoms with van der Waals surface area (Å²) < 4.78 is 13.0. The molecule has 4 nitrogen and oxygen atoms in total. The number of nitrogens with two attached hydrogens (primary N) is 1. The van der Waals surface area contributed by atoms with E-state index in [1.54, 1.807) is 6.07 Å². The van der Waals surface area contributed by atoms with Crippen molar-refractivity contribution in [1.82, 2.24) is 5.32 Å². The standard InChI is InChI=1S/C11H16FN3O/c1-7(2)15-10(16)6-14-9-5-3-4-8(12)11(9)13/h3-5,7,14H,6,13H2,1-2H3,(H,15,16). The van der Waals surface area contributed by atoms with Crippen molar-refractivity contribution in [3.05, 3.63) is 24.0 Å². The Morgan fingerprint density at radius 3 is 2.81 bits per heavy atom. The summed E-state index contributed by atoms with van der Waals surface area (Å²) in [6.07, 6.45) is 0. The van der Waals surface area contributed by atoms with E-state index < -0.39 is 5.82 Å². The van der Waals surface area contributed by atoms with Gasteiger partial charge in [-0.05, 0) is 26.0 Å². The zero-order valence-corrected chi connectivity index (χ0v) is 9.38. The van der Waals surface area contributed by atoms with Crippen molar-refractivity contribution in [1.29, 1.82) is 0 Å². The number of carbonyl (C=O) groups excluding carboxylic acids is 1. The van der Waals surface area contributed by atoms with Gasteiger partial charge in [0.05, 0.1) is 17.9 Å². The summed E-state index contributed by atoms with van der Waals surface area (Å²) in [5.74, 6) is -0.645. The molecular weight excluding hydrogens is 209 g/mol. The monoisotopic (exact) mass is 225 g/mol. The van der Waals surface area contributed by atoms with Gasteiger partial charge in [-0.15, -0.1) is 0 Å². The quantitative estimate of drug-likeness (QED) is 0.677. The van der Waals surface area contributed by atoms with Crippen LogP contribution in [0.15, 0.2) is 18.2 Å². The lowest BCUT2D eigenvalue weighted by Crippen LogP contribution is -2.34. The number of benzene rings is 1. The highest BCUT2D eigenvalue weighted by Gasteiger charge is 2.06. The molecule has 0 aliphatic rings. The van der Waals surface area contributed by atoms with Crippen LogP contribution < -0.4 is 16.4 Å². The van der Waals surface area contributed by atoms with Crippen molar-refractivity contribution in [2.24, 2.45) is 0 Å². The van der Waals surface area contributed by atoms with Gasteiger partial charge in [-0.25, -0.2) is 4.39 Å². The maximum Gasteiger partial charge on any atom is 0.239 e. The highest BCUT2D eigenvalue weighted by Crippen LogP contribution is 2.20. The average Bonchev–Trinajstić information content (AvgIpc) is 2.19. The van der Waals surface area contributed by atoms with Gasteiger partial charge in [-0.1, -0.05) is 6.07 Å². The molecule has 0 saturated carbocycles. The van der Waals surface area contributed by atoms with Gasteiger partial charge in [0, 0.05) is 6.04 Å². The van der Waals surface area contributed by atoms with Crippen LogP contribution in [0, 0.1) is 5.82 Å². The molecule has 1 aromatic carbocycles. The lowest BCUT2D eigenvalue weighted by Gasteiger charge is -2.11. The fourth-order valence-electron chi connectivity index (χ4n) is 1.24. The zero-order chi connectivity index (χ0) is 12.1. The number of hydrogen-bond donors (Lipinski definition) is 3. The fraction of sp³-hybridized carbons (Fsp3) is 0.364. The van der Waals surface area contributed by atoms with Crippen molar-refractivity contribution in [2.75, 3.05) is 17.6 Å². The molecule has 1 aromatic rings. The first-order valence-corrected chi connectivity index (χ1v) is 5.08. The van der Waals surface area contributed by atoms with E-state index in [0.29, 0.717) is 5.69 Å². The molecule has 0 fully saturated rings. The summed E-state index contributed by atoms with van der Waals surface area (Å²) >= 11 is 0. The van der Waals surface area contributed by atoms with Gasteiger partial charge < -0.3 is 16.4 Å². The van der Waals surface area contributed by atoms with Crippen LogP contribution in [0.25, 0.3) is 0 Å². The van der Waals surface area contributed by atoms with Crippen molar-refractivity contribution in [2.45, 2.75) is 19.9 Å². The largest absolute Gasteiger partial charge is 0.395 e. The number of halogens is 1. The van der Waals surface area contributed by atoms with E-state index in [1.807, 2.05) is 13.8 Å². The molecule has 16 heavy (non-hydrogen) atoms. The van der Waals surface area contributed by atoms with Crippen molar-refractivity contribution < 1.29 is 9.18 Å². The molecule has 5 heteroatoms. The molecule has 4 N–H and O–H groups in total. The summed E-state index contributed by atoms with van der Waals surface area (Å²) in [6.45, 7) is 3.81. The third-order valence-electron chi connectivity index (χ3n) is 1.94. The molecule has 0 spiro atoms. The van der Waals surface area contributed by atoms with E-state index >= 15 is 0 Å². The number of nitrogens with one attached hydrogen (secondary N) is 2. The Morgan fingerprint density at radius 2 is 2.19 bits per heavy atom. The van der Waals surface area contributed by atoms with E-state index in [4.69, 9.17) is 5.73 Å². The van der Waals surface area contributed by atoms with Gasteiger partial charge in [0.1, 0.15) is 5.82 Å². The van der Waals surface area contributed by atoms with Gasteiger partial charge in [-0.3, -0.25) is 4.79 Å². The lowest BCUT2D eigenvalue weighted by molar-refractivity contribution is -0.119. The molecule has 0 aromatic heterocycles. The summed E-state index contributed by atoms with van der Waals surface area (Å²) in [5, 5.41) is 5.49. The second-order valence-electron chi connectivity index (χ2n) is 3.78. The van der Waals surface area contributed by atoms with Crippen LogP contribution in [0.4, 0.5) is 15.8 Å². The minimum absolute atomic E-state index is 0.0276. The number of anilines is 2. The number of amides is 1. The van der Waals surface area contributed by atoms with Crippen molar-refractivity contribution >= 4 is 17.3 Å². The van der Waals surface area contributed by atoms with Crippen LogP contribution in [-0.2, 0) is 4.79 Å². The summed E-state index contributed by atoms with van der Waals surface area (Å²) in [7, 11) is 0. The third kappa shape index (κ3) is 3.42. The summed E-state index contributed by atoms with van der Waals surface area (Å²) in [5.41, 5.74) is 5.96. The maximum absolute atomic E-state index is 13.0. The van der Waals surface area contributed by atoms with Gasteiger partial charge in [-0.2, -0.15) is 0 Å². The molecular formula is C11H16FN3O. The third-order valence-corrected chi connectivity index (χ3v) is 1.94. The van der Waals surface area contributed by atoms with E-state index in [2.05, 4.69) is 10.6 Å². The second-order valence-corrected chi connectivity index (χ2v) is 3.78. The normalized spacial score (nSPS) is 10.2. The Kier molecular flexibility index (Phi) is 4.10. The smallest absolute Gasteiger partial charge is 0.239 e. The molecule has 0 atom stereocenters. The molecule has 0 aliphatic carbocycles. The summed E-state index contributed by atoms with van der Waals surface area (Å²) in [6, 6.07) is 4.52. The molecule has 0 aliphatic heterocycles. The Bertz CT molecular complexity index is 379. The van der Waals surface area contributed by atoms with E-state index in [-0.39, 0.29) is 24.2 Å². The predicted octanol–water partition coefficient (Wildman–Crippen LogP) is 1.34. The van der Waals surface area contributed by atoms with Gasteiger partial charge in [0.2, 0.25) is 5.91 Å². The first kappa shape index (κ1) is 12.3. The Balaban J connectivity index is 2.55. The fourth-order valence-corrected chi connectivity index (χ4v) is 1.24. The van der Waals surface area contributed by atoms with Crippen LogP contribution in [0.1, 0.15) is 13.8 Å². The number of para-hydroxylation sites is 1. The lowest BCUT2D eigenvalue weighted by atomic mass is 10.2. The van der Waals surface area contributed by atoms with E-state index in [1.165, 1.54) is 12.1 Å². The molecule has 0 bridgehead atoms. The first-order chi connectivity index (χ1) is 7.50. The van der Waals surface area contributed by atoms with Crippen LogP contribution in [0.2, 0.25) is 0 Å². The van der Waals surface area contributed by atoms with Crippen LogP contribution in [-0.4, -0.2) is 18.5 Å². The molecule has 88 valence electrons. The molecule has 1 rings (SSSR count).